The first-order chi connectivity index (χ1) is 10.1. The number of pyridine rings is 1. The molecule has 1 heterocycles. The number of carbonyl (C=O) groups excluding carboxylic acids is 1. The highest BCUT2D eigenvalue weighted by Gasteiger charge is 2.16. The highest BCUT2D eigenvalue weighted by molar-refractivity contribution is 6.41. The number of unbranched alkanes of at least 4 members (excludes halogenated alkanes) is 4. The van der Waals surface area contributed by atoms with E-state index in [1.54, 1.807) is 6.07 Å². The quantitative estimate of drug-likeness (QED) is 0.460. The molecule has 0 bridgehead atoms. The Bertz CT molecular complexity index is 442. The van der Waals surface area contributed by atoms with Gasteiger partial charge in [-0.3, -0.25) is 4.79 Å². The number of hydrogen-bond acceptors (Lipinski definition) is 2. The van der Waals surface area contributed by atoms with Crippen LogP contribution < -0.4 is 0 Å². The zero-order chi connectivity index (χ0) is 15.7. The van der Waals surface area contributed by atoms with Crippen LogP contribution in [-0.4, -0.2) is 28.9 Å². The predicted molar refractivity (Wildman–Crippen MR) is 89.2 cm³/mol. The van der Waals surface area contributed by atoms with Gasteiger partial charge in [-0.05, 0) is 18.9 Å². The van der Waals surface area contributed by atoms with E-state index >= 15 is 0 Å². The summed E-state index contributed by atoms with van der Waals surface area (Å²) in [7, 11) is 0. The van der Waals surface area contributed by atoms with Crippen molar-refractivity contribution in [3.8, 4) is 0 Å². The number of rotatable bonds is 9. The minimum absolute atomic E-state index is 0.00623. The van der Waals surface area contributed by atoms with Crippen LogP contribution in [0.3, 0.4) is 0 Å². The molecule has 0 aliphatic heterocycles. The fraction of sp³-hybridized carbons (Fsp3) is 0.625. The molecule has 0 aliphatic carbocycles. The van der Waals surface area contributed by atoms with E-state index in [4.69, 9.17) is 23.2 Å². The molecular formula is C16H24Cl2N2O. The molecule has 0 fully saturated rings. The molecule has 21 heavy (non-hydrogen) atoms. The van der Waals surface area contributed by atoms with Gasteiger partial charge < -0.3 is 4.90 Å². The van der Waals surface area contributed by atoms with Crippen molar-refractivity contribution in [2.75, 3.05) is 13.1 Å². The van der Waals surface area contributed by atoms with Crippen LogP contribution in [0, 0.1) is 0 Å². The standard InChI is InChI=1S/C16H24Cl2N2O/c1-3-5-7-9-20(10-8-6-4-2)16(21)13-11-14(17)15(18)19-12-13/h11-12H,3-10H2,1-2H3. The lowest BCUT2D eigenvalue weighted by molar-refractivity contribution is 0.0749. The van der Waals surface area contributed by atoms with Crippen LogP contribution in [0.15, 0.2) is 12.3 Å². The van der Waals surface area contributed by atoms with Crippen LogP contribution in [-0.2, 0) is 0 Å². The predicted octanol–water partition coefficient (Wildman–Crippen LogP) is 5.21. The van der Waals surface area contributed by atoms with Crippen molar-refractivity contribution < 1.29 is 4.79 Å². The monoisotopic (exact) mass is 330 g/mol. The molecule has 0 aliphatic rings. The molecule has 1 aromatic rings. The molecule has 0 unspecified atom stereocenters. The smallest absolute Gasteiger partial charge is 0.255 e. The van der Waals surface area contributed by atoms with E-state index in [0.29, 0.717) is 10.6 Å². The lowest BCUT2D eigenvalue weighted by Gasteiger charge is -2.23. The summed E-state index contributed by atoms with van der Waals surface area (Å²) in [4.78, 5) is 18.5. The fourth-order valence-corrected chi connectivity index (χ4v) is 2.41. The molecule has 0 spiro atoms. The van der Waals surface area contributed by atoms with Gasteiger partial charge in [0.15, 0.2) is 0 Å². The van der Waals surface area contributed by atoms with E-state index in [0.717, 1.165) is 51.6 Å². The van der Waals surface area contributed by atoms with E-state index in [9.17, 15) is 4.79 Å². The second kappa shape index (κ2) is 10.0. The molecule has 3 nitrogen and oxygen atoms in total. The van der Waals surface area contributed by atoms with Crippen molar-refractivity contribution in [2.24, 2.45) is 0 Å². The molecule has 5 heteroatoms. The molecule has 0 N–H and O–H groups in total. The molecule has 0 saturated heterocycles. The maximum atomic E-state index is 12.6. The summed E-state index contributed by atoms with van der Waals surface area (Å²) in [5, 5.41) is 0.557. The molecule has 0 aromatic carbocycles. The van der Waals surface area contributed by atoms with Crippen molar-refractivity contribution in [3.05, 3.63) is 28.0 Å². The van der Waals surface area contributed by atoms with E-state index in [-0.39, 0.29) is 11.1 Å². The van der Waals surface area contributed by atoms with Crippen LogP contribution in [0.2, 0.25) is 10.2 Å². The van der Waals surface area contributed by atoms with Crippen molar-refractivity contribution in [2.45, 2.75) is 52.4 Å². The molecule has 1 amide bonds. The van der Waals surface area contributed by atoms with Gasteiger partial charge in [0.2, 0.25) is 0 Å². The van der Waals surface area contributed by atoms with Crippen LogP contribution >= 0.6 is 23.2 Å². The molecule has 0 saturated carbocycles. The Labute approximate surface area is 137 Å². The van der Waals surface area contributed by atoms with Crippen molar-refractivity contribution in [3.63, 3.8) is 0 Å². The summed E-state index contributed by atoms with van der Waals surface area (Å²) in [6, 6.07) is 1.60. The van der Waals surface area contributed by atoms with Gasteiger partial charge in [-0.15, -0.1) is 0 Å². The summed E-state index contributed by atoms with van der Waals surface area (Å²) >= 11 is 11.8. The SMILES string of the molecule is CCCCCN(CCCCC)C(=O)c1cnc(Cl)c(Cl)c1. The highest BCUT2D eigenvalue weighted by atomic mass is 35.5. The average molecular weight is 331 g/mol. The summed E-state index contributed by atoms with van der Waals surface area (Å²) in [5.74, 6) is -0.00623. The van der Waals surface area contributed by atoms with Crippen LogP contribution in [0.5, 0.6) is 0 Å². The largest absolute Gasteiger partial charge is 0.339 e. The molecule has 0 radical (unpaired) electrons. The van der Waals surface area contributed by atoms with Gasteiger partial charge >= 0.3 is 0 Å². The number of hydrogen-bond donors (Lipinski definition) is 0. The van der Waals surface area contributed by atoms with Gasteiger partial charge in [-0.25, -0.2) is 4.98 Å². The van der Waals surface area contributed by atoms with Crippen molar-refractivity contribution in [1.82, 2.24) is 9.88 Å². The van der Waals surface area contributed by atoms with E-state index in [1.807, 2.05) is 4.90 Å². The summed E-state index contributed by atoms with van der Waals surface area (Å²) in [6.45, 7) is 5.89. The minimum Gasteiger partial charge on any atom is -0.339 e. The Morgan fingerprint density at radius 1 is 1.10 bits per heavy atom. The fourth-order valence-electron chi connectivity index (χ4n) is 2.14. The van der Waals surface area contributed by atoms with Gasteiger partial charge in [0.05, 0.1) is 10.6 Å². The lowest BCUT2D eigenvalue weighted by Crippen LogP contribution is -2.33. The zero-order valence-electron chi connectivity index (χ0n) is 12.9. The molecule has 118 valence electrons. The Kier molecular flexibility index (Phi) is 8.70. The van der Waals surface area contributed by atoms with Gasteiger partial charge in [0, 0.05) is 19.3 Å². The number of amides is 1. The third-order valence-corrected chi connectivity index (χ3v) is 4.08. The van der Waals surface area contributed by atoms with Gasteiger partial charge in [0.25, 0.3) is 5.91 Å². The number of halogens is 2. The van der Waals surface area contributed by atoms with Gasteiger partial charge in [-0.1, -0.05) is 62.7 Å². The lowest BCUT2D eigenvalue weighted by atomic mass is 10.2. The first-order valence-electron chi connectivity index (χ1n) is 7.70. The normalized spacial score (nSPS) is 10.7. The Morgan fingerprint density at radius 3 is 2.14 bits per heavy atom. The van der Waals surface area contributed by atoms with Crippen molar-refractivity contribution >= 4 is 29.1 Å². The molecule has 0 atom stereocenters. The molecule has 1 rings (SSSR count). The van der Waals surface area contributed by atoms with Crippen LogP contribution in [0.25, 0.3) is 0 Å². The Morgan fingerprint density at radius 2 is 1.67 bits per heavy atom. The summed E-state index contributed by atoms with van der Waals surface area (Å²) in [5.41, 5.74) is 0.511. The van der Waals surface area contributed by atoms with E-state index in [2.05, 4.69) is 18.8 Å². The Hall–Kier alpha value is -0.800. The topological polar surface area (TPSA) is 33.2 Å². The van der Waals surface area contributed by atoms with Gasteiger partial charge in [-0.2, -0.15) is 0 Å². The average Bonchev–Trinajstić information content (AvgIpc) is 2.48. The maximum absolute atomic E-state index is 12.6. The summed E-state index contributed by atoms with van der Waals surface area (Å²) in [6.07, 6.45) is 8.13. The number of nitrogens with zero attached hydrogens (tertiary/aromatic N) is 2. The zero-order valence-corrected chi connectivity index (χ0v) is 14.4. The third kappa shape index (κ3) is 6.23. The highest BCUT2D eigenvalue weighted by Crippen LogP contribution is 2.20. The summed E-state index contributed by atoms with van der Waals surface area (Å²) < 4.78 is 0. The van der Waals surface area contributed by atoms with E-state index < -0.39 is 0 Å². The first kappa shape index (κ1) is 18.2. The Balaban J connectivity index is 2.73. The molecular weight excluding hydrogens is 307 g/mol. The maximum Gasteiger partial charge on any atom is 0.255 e. The van der Waals surface area contributed by atoms with Crippen LogP contribution in [0.4, 0.5) is 0 Å². The minimum atomic E-state index is -0.00623. The molecule has 1 aromatic heterocycles. The second-order valence-electron chi connectivity index (χ2n) is 5.20. The number of carbonyl (C=O) groups is 1. The number of aromatic nitrogens is 1. The second-order valence-corrected chi connectivity index (χ2v) is 5.97. The first-order valence-corrected chi connectivity index (χ1v) is 8.46. The third-order valence-electron chi connectivity index (χ3n) is 3.39. The van der Waals surface area contributed by atoms with E-state index in [1.165, 1.54) is 6.20 Å². The van der Waals surface area contributed by atoms with Gasteiger partial charge in [0.1, 0.15) is 5.15 Å². The van der Waals surface area contributed by atoms with Crippen molar-refractivity contribution in [1.29, 1.82) is 0 Å². The van der Waals surface area contributed by atoms with Crippen LogP contribution in [0.1, 0.15) is 62.7 Å².